The highest BCUT2D eigenvalue weighted by atomic mass is 14.8. The van der Waals surface area contributed by atoms with E-state index in [2.05, 4.69) is 49.2 Å². The molecule has 0 fully saturated rings. The van der Waals surface area contributed by atoms with Gasteiger partial charge in [-0.15, -0.1) is 0 Å². The van der Waals surface area contributed by atoms with E-state index in [0.717, 1.165) is 44.8 Å². The normalized spacial score (nSPS) is 11.9. The molecule has 4 aromatic rings. The molecule has 140 valence electrons. The van der Waals surface area contributed by atoms with Crippen molar-refractivity contribution in [1.82, 2.24) is 24.9 Å². The van der Waals surface area contributed by atoms with Gasteiger partial charge in [0.15, 0.2) is 0 Å². The first-order valence-electron chi connectivity index (χ1n) is 9.42. The largest absolute Gasteiger partial charge is 0.368 e. The predicted molar refractivity (Wildman–Crippen MR) is 120 cm³/mol. The van der Waals surface area contributed by atoms with Gasteiger partial charge in [0, 0.05) is 34.5 Å². The third kappa shape index (κ3) is 4.09. The van der Waals surface area contributed by atoms with Crippen molar-refractivity contribution >= 4 is 46.4 Å². The third-order valence-corrected chi connectivity index (χ3v) is 4.54. The van der Waals surface area contributed by atoms with Gasteiger partial charge in [0.25, 0.3) is 0 Å². The van der Waals surface area contributed by atoms with Crippen LogP contribution >= 0.6 is 0 Å². The summed E-state index contributed by atoms with van der Waals surface area (Å²) in [6, 6.07) is 20.3. The number of H-pyrrole nitrogens is 3. The molecule has 2 aliphatic rings. The van der Waals surface area contributed by atoms with Gasteiger partial charge < -0.3 is 15.0 Å². The number of hydrogen-bond acceptors (Lipinski definition) is 2. The van der Waals surface area contributed by atoms with Crippen molar-refractivity contribution in [2.75, 3.05) is 0 Å². The van der Waals surface area contributed by atoms with Crippen molar-refractivity contribution in [3.63, 3.8) is 0 Å². The Bertz CT molecular complexity index is 1160. The van der Waals surface area contributed by atoms with Crippen LogP contribution in [0.1, 0.15) is 22.8 Å². The first-order valence-corrected chi connectivity index (χ1v) is 9.42. The molecule has 6 rings (SSSR count). The highest BCUT2D eigenvalue weighted by Gasteiger charge is 2.01. The molecule has 0 unspecified atom stereocenters. The summed E-state index contributed by atoms with van der Waals surface area (Å²) in [7, 11) is 0. The van der Waals surface area contributed by atoms with E-state index in [9.17, 15) is 0 Å². The molecule has 0 saturated carbocycles. The average molecular weight is 377 g/mol. The van der Waals surface area contributed by atoms with Crippen molar-refractivity contribution < 1.29 is 0 Å². The first kappa shape index (κ1) is 17.0. The molecule has 29 heavy (non-hydrogen) atoms. The van der Waals surface area contributed by atoms with Crippen LogP contribution in [0.5, 0.6) is 0 Å². The minimum Gasteiger partial charge on any atom is -0.368 e. The molecule has 0 aromatic carbocycles. The minimum absolute atomic E-state index is 0.939. The van der Waals surface area contributed by atoms with Gasteiger partial charge in [-0.05, 0) is 85.0 Å². The lowest BCUT2D eigenvalue weighted by molar-refractivity contribution is 1.31. The molecule has 0 aliphatic carbocycles. The number of fused-ring (bicyclic) bond motifs is 8. The Labute approximate surface area is 167 Å². The van der Waals surface area contributed by atoms with Gasteiger partial charge in [-0.25, -0.2) is 9.97 Å². The zero-order valence-corrected chi connectivity index (χ0v) is 15.6. The number of aromatic nitrogens is 5. The lowest BCUT2D eigenvalue weighted by Gasteiger charge is -1.85. The van der Waals surface area contributed by atoms with Crippen LogP contribution in [0.4, 0.5) is 0 Å². The van der Waals surface area contributed by atoms with E-state index in [1.807, 2.05) is 73.1 Å². The van der Waals surface area contributed by atoms with Crippen LogP contribution in [0.2, 0.25) is 0 Å². The number of hydrogen-bond donors (Lipinski definition) is 3. The summed E-state index contributed by atoms with van der Waals surface area (Å²) >= 11 is 0. The Kier molecular flexibility index (Phi) is 4.39. The smallest absolute Gasteiger partial charge is 0.0658 e. The van der Waals surface area contributed by atoms with Gasteiger partial charge in [0.05, 0.1) is 22.8 Å². The zero-order chi connectivity index (χ0) is 19.5. The Morgan fingerprint density at radius 1 is 0.483 bits per heavy atom. The highest BCUT2D eigenvalue weighted by Crippen LogP contribution is 2.16. The Morgan fingerprint density at radius 3 is 1.10 bits per heavy atom. The zero-order valence-electron chi connectivity index (χ0n) is 15.6. The molecule has 4 aromatic heterocycles. The van der Waals surface area contributed by atoms with Crippen molar-refractivity contribution in [3.05, 3.63) is 95.8 Å². The molecule has 2 aliphatic heterocycles. The monoisotopic (exact) mass is 377 g/mol. The van der Waals surface area contributed by atoms with Crippen molar-refractivity contribution in [3.8, 4) is 0 Å². The molecule has 5 heteroatoms. The molecule has 0 spiro atoms. The molecule has 5 nitrogen and oxygen atoms in total. The van der Waals surface area contributed by atoms with Gasteiger partial charge >= 0.3 is 0 Å². The van der Waals surface area contributed by atoms with Gasteiger partial charge in [-0.2, -0.15) is 0 Å². The second kappa shape index (κ2) is 7.48. The van der Waals surface area contributed by atoms with Gasteiger partial charge in [-0.1, -0.05) is 0 Å². The molecule has 0 saturated heterocycles. The Hall–Kier alpha value is -4.12. The summed E-state index contributed by atoms with van der Waals surface area (Å²) in [5.41, 5.74) is 7.86. The van der Waals surface area contributed by atoms with E-state index in [1.165, 1.54) is 0 Å². The number of rotatable bonds is 0. The molecule has 6 heterocycles. The summed E-state index contributed by atoms with van der Waals surface area (Å²) in [4.78, 5) is 18.9. The molecular weight excluding hydrogens is 358 g/mol. The van der Waals surface area contributed by atoms with Crippen molar-refractivity contribution in [2.45, 2.75) is 0 Å². The van der Waals surface area contributed by atoms with E-state index in [4.69, 9.17) is 0 Å². The van der Waals surface area contributed by atoms with Gasteiger partial charge in [-0.3, -0.25) is 0 Å². The number of nitrogens with one attached hydrogen (secondary N) is 3. The molecule has 3 N–H and O–H groups in total. The van der Waals surface area contributed by atoms with E-state index in [-0.39, 0.29) is 0 Å². The molecule has 0 amide bonds. The fourth-order valence-corrected chi connectivity index (χ4v) is 3.22. The van der Waals surface area contributed by atoms with E-state index >= 15 is 0 Å². The van der Waals surface area contributed by atoms with E-state index in [1.54, 1.807) is 0 Å². The summed E-state index contributed by atoms with van der Waals surface area (Å²) in [6.45, 7) is 0. The highest BCUT2D eigenvalue weighted by molar-refractivity contribution is 5.77. The number of nitrogens with zero attached hydrogens (tertiary/aromatic N) is 2. The van der Waals surface area contributed by atoms with Crippen LogP contribution in [-0.4, -0.2) is 24.9 Å². The summed E-state index contributed by atoms with van der Waals surface area (Å²) < 4.78 is 0. The summed E-state index contributed by atoms with van der Waals surface area (Å²) in [5.74, 6) is 0. The number of aromatic amines is 3. The second-order valence-electron chi connectivity index (χ2n) is 6.79. The van der Waals surface area contributed by atoms with Crippen LogP contribution in [0.3, 0.4) is 0 Å². The first-order chi connectivity index (χ1) is 14.3. The van der Waals surface area contributed by atoms with Crippen LogP contribution in [0.15, 0.2) is 73.1 Å². The molecular formula is C24H19N5. The SMILES string of the molecule is C1=Cc2cc3ccc(cc4nc(cc5ccc(cc1n2)[nH]5)C=C4)[nH]3.c1cc[nH]c1. The maximum absolute atomic E-state index is 4.63. The molecule has 0 radical (unpaired) electrons. The fraction of sp³-hybridized carbons (Fsp3) is 0. The third-order valence-electron chi connectivity index (χ3n) is 4.54. The Balaban J connectivity index is 0.000000319. The summed E-state index contributed by atoms with van der Waals surface area (Å²) in [6.07, 6.45) is 11.8. The maximum Gasteiger partial charge on any atom is 0.0658 e. The Morgan fingerprint density at radius 2 is 0.828 bits per heavy atom. The van der Waals surface area contributed by atoms with Crippen LogP contribution in [0.25, 0.3) is 46.4 Å². The minimum atomic E-state index is 0.939. The molecule has 8 bridgehead atoms. The van der Waals surface area contributed by atoms with E-state index < -0.39 is 0 Å². The second-order valence-corrected chi connectivity index (χ2v) is 6.79. The van der Waals surface area contributed by atoms with Crippen LogP contribution < -0.4 is 0 Å². The molecule has 0 atom stereocenters. The van der Waals surface area contributed by atoms with Gasteiger partial charge in [0.2, 0.25) is 0 Å². The fourth-order valence-electron chi connectivity index (χ4n) is 3.22. The standard InChI is InChI=1S/C20H14N4.C4H5N/c1-2-14-10-16-5-6-18(23-16)12-20-8-7-19(24-20)11-17-4-3-15(22-17)9-13(1)21-14;1-2-4-5-3-1/h1-12,21,24H;1-5H. The van der Waals surface area contributed by atoms with Crippen molar-refractivity contribution in [2.24, 2.45) is 0 Å². The predicted octanol–water partition coefficient (Wildman–Crippen LogP) is 5.67. The van der Waals surface area contributed by atoms with E-state index in [0.29, 0.717) is 0 Å². The van der Waals surface area contributed by atoms with Crippen LogP contribution in [-0.2, 0) is 0 Å². The van der Waals surface area contributed by atoms with Gasteiger partial charge in [0.1, 0.15) is 0 Å². The maximum atomic E-state index is 4.63. The topological polar surface area (TPSA) is 73.2 Å². The lowest BCUT2D eigenvalue weighted by atomic mass is 10.3. The van der Waals surface area contributed by atoms with Crippen molar-refractivity contribution in [1.29, 1.82) is 0 Å². The van der Waals surface area contributed by atoms with Crippen LogP contribution in [0, 0.1) is 0 Å². The quantitative estimate of drug-likeness (QED) is 0.319. The summed E-state index contributed by atoms with van der Waals surface area (Å²) in [5, 5.41) is 0. The average Bonchev–Trinajstić information content (AvgIpc) is 3.50. The lowest BCUT2D eigenvalue weighted by Crippen LogP contribution is -1.75.